The molecular weight excluding hydrogens is 256 g/mol. The van der Waals surface area contributed by atoms with E-state index < -0.39 is 5.60 Å². The number of aryl methyl sites for hydroxylation is 2. The molecule has 0 aromatic heterocycles. The minimum Gasteiger partial charge on any atom is -0.460 e. The Morgan fingerprint density at radius 1 is 1.45 bits per heavy atom. The third kappa shape index (κ3) is 3.71. The molecule has 0 fully saturated rings. The third-order valence-electron chi connectivity index (χ3n) is 3.08. The van der Waals surface area contributed by atoms with Gasteiger partial charge < -0.3 is 4.74 Å². The quantitative estimate of drug-likeness (QED) is 0.832. The molecule has 0 unspecified atom stereocenters. The normalized spacial score (nSPS) is 14.8. The highest BCUT2D eigenvalue weighted by atomic mass is 16.6. The Kier molecular flexibility index (Phi) is 4.01. The Balaban J connectivity index is 2.00. The molecular formula is C15H22N2O3. The molecule has 1 aromatic carbocycles. The first-order valence-corrected chi connectivity index (χ1v) is 6.82. The number of hydrogen-bond acceptors (Lipinski definition) is 5. The van der Waals surface area contributed by atoms with Gasteiger partial charge >= 0.3 is 5.97 Å². The van der Waals surface area contributed by atoms with Crippen LogP contribution in [0.3, 0.4) is 0 Å². The van der Waals surface area contributed by atoms with Crippen LogP contribution in [0.1, 0.15) is 43.9 Å². The predicted octanol–water partition coefficient (Wildman–Crippen LogP) is 2.80. The number of hydrazine groups is 1. The monoisotopic (exact) mass is 278 g/mol. The summed E-state index contributed by atoms with van der Waals surface area (Å²) in [6.45, 7) is 8.04. The van der Waals surface area contributed by atoms with Crippen molar-refractivity contribution in [3.8, 4) is 0 Å². The predicted molar refractivity (Wildman–Crippen MR) is 76.3 cm³/mol. The largest absolute Gasteiger partial charge is 0.460 e. The van der Waals surface area contributed by atoms with Gasteiger partial charge in [-0.15, -0.1) is 5.17 Å². The molecule has 2 rings (SSSR count). The standard InChI is InChI=1S/C15H22N2O3/c1-10-7-11(5-6-13(18)20-15(2,3)4)8-12-9-17(19)16-14(10)12/h7-8,16,19H,5-6,9H2,1-4H3. The lowest BCUT2D eigenvalue weighted by Crippen LogP contribution is -2.24. The molecule has 2 N–H and O–H groups in total. The van der Waals surface area contributed by atoms with Crippen LogP contribution in [0.15, 0.2) is 12.1 Å². The number of esters is 1. The van der Waals surface area contributed by atoms with E-state index in [9.17, 15) is 10.0 Å². The first kappa shape index (κ1) is 14.8. The number of anilines is 1. The molecule has 20 heavy (non-hydrogen) atoms. The van der Waals surface area contributed by atoms with Gasteiger partial charge in [-0.2, -0.15) is 0 Å². The van der Waals surface area contributed by atoms with E-state index in [4.69, 9.17) is 4.74 Å². The highest BCUT2D eigenvalue weighted by Crippen LogP contribution is 2.29. The van der Waals surface area contributed by atoms with Gasteiger partial charge in [0.2, 0.25) is 0 Å². The number of carbonyl (C=O) groups is 1. The fraction of sp³-hybridized carbons (Fsp3) is 0.533. The zero-order chi connectivity index (χ0) is 14.9. The first-order chi connectivity index (χ1) is 9.24. The fourth-order valence-electron chi connectivity index (χ4n) is 2.34. The van der Waals surface area contributed by atoms with E-state index in [-0.39, 0.29) is 5.97 Å². The van der Waals surface area contributed by atoms with Crippen LogP contribution in [0.25, 0.3) is 0 Å². The lowest BCUT2D eigenvalue weighted by molar-refractivity contribution is -0.154. The Labute approximate surface area is 119 Å². The maximum atomic E-state index is 11.7. The zero-order valence-electron chi connectivity index (χ0n) is 12.5. The maximum absolute atomic E-state index is 11.7. The number of fused-ring (bicyclic) bond motifs is 1. The zero-order valence-corrected chi connectivity index (χ0v) is 12.5. The van der Waals surface area contributed by atoms with Gasteiger partial charge in [-0.25, -0.2) is 0 Å². The van der Waals surface area contributed by atoms with E-state index in [0.29, 0.717) is 19.4 Å². The molecule has 0 saturated heterocycles. The molecule has 0 saturated carbocycles. The molecule has 0 amide bonds. The van der Waals surface area contributed by atoms with Crippen LogP contribution in [0.5, 0.6) is 0 Å². The summed E-state index contributed by atoms with van der Waals surface area (Å²) < 4.78 is 5.30. The second-order valence-electron chi connectivity index (χ2n) is 6.20. The smallest absolute Gasteiger partial charge is 0.306 e. The van der Waals surface area contributed by atoms with Crippen molar-refractivity contribution in [1.82, 2.24) is 5.17 Å². The maximum Gasteiger partial charge on any atom is 0.306 e. The highest BCUT2D eigenvalue weighted by Gasteiger charge is 2.20. The van der Waals surface area contributed by atoms with E-state index in [1.165, 1.54) is 0 Å². The topological polar surface area (TPSA) is 61.8 Å². The molecule has 0 radical (unpaired) electrons. The average molecular weight is 278 g/mol. The second kappa shape index (κ2) is 5.42. The van der Waals surface area contributed by atoms with Gasteiger partial charge in [-0.1, -0.05) is 12.1 Å². The van der Waals surface area contributed by atoms with E-state index in [1.807, 2.05) is 39.8 Å². The summed E-state index contributed by atoms with van der Waals surface area (Å²) in [7, 11) is 0. The van der Waals surface area contributed by atoms with Crippen LogP contribution in [-0.2, 0) is 22.5 Å². The van der Waals surface area contributed by atoms with Crippen LogP contribution in [0.2, 0.25) is 0 Å². The molecule has 110 valence electrons. The second-order valence-corrected chi connectivity index (χ2v) is 6.20. The Hall–Kier alpha value is -1.59. The van der Waals surface area contributed by atoms with Crippen molar-refractivity contribution in [1.29, 1.82) is 0 Å². The van der Waals surface area contributed by atoms with Gasteiger partial charge in [0.15, 0.2) is 0 Å². The Morgan fingerprint density at radius 3 is 2.80 bits per heavy atom. The minimum absolute atomic E-state index is 0.183. The lowest BCUT2D eigenvalue weighted by atomic mass is 10.0. The molecule has 1 aliphatic rings. The van der Waals surface area contributed by atoms with Crippen molar-refractivity contribution in [3.05, 3.63) is 28.8 Å². The Morgan fingerprint density at radius 2 is 2.15 bits per heavy atom. The third-order valence-corrected chi connectivity index (χ3v) is 3.08. The molecule has 5 heteroatoms. The van der Waals surface area contributed by atoms with E-state index >= 15 is 0 Å². The number of hydroxylamine groups is 1. The minimum atomic E-state index is -0.438. The SMILES string of the molecule is Cc1cc(CCC(=O)OC(C)(C)C)cc2c1NN(O)C2. The summed E-state index contributed by atoms with van der Waals surface area (Å²) in [6.07, 6.45) is 1.01. The van der Waals surface area contributed by atoms with Gasteiger partial charge in [0.1, 0.15) is 5.60 Å². The summed E-state index contributed by atoms with van der Waals surface area (Å²) in [5.74, 6) is -0.183. The number of nitrogens with one attached hydrogen (secondary N) is 1. The van der Waals surface area contributed by atoms with Crippen molar-refractivity contribution in [2.75, 3.05) is 5.43 Å². The van der Waals surface area contributed by atoms with E-state index in [2.05, 4.69) is 5.43 Å². The number of ether oxygens (including phenoxy) is 1. The first-order valence-electron chi connectivity index (χ1n) is 6.82. The van der Waals surface area contributed by atoms with Crippen molar-refractivity contribution < 1.29 is 14.7 Å². The summed E-state index contributed by atoms with van der Waals surface area (Å²) in [5, 5.41) is 10.5. The lowest BCUT2D eigenvalue weighted by Gasteiger charge is -2.19. The number of carbonyl (C=O) groups excluding carboxylic acids is 1. The highest BCUT2D eigenvalue weighted by molar-refractivity contribution is 5.70. The van der Waals surface area contributed by atoms with Crippen molar-refractivity contribution in [3.63, 3.8) is 0 Å². The van der Waals surface area contributed by atoms with Crippen LogP contribution in [0, 0.1) is 6.92 Å². The van der Waals surface area contributed by atoms with Crippen molar-refractivity contribution in [2.24, 2.45) is 0 Å². The molecule has 5 nitrogen and oxygen atoms in total. The van der Waals surface area contributed by atoms with E-state index in [1.54, 1.807) is 0 Å². The molecule has 1 aromatic rings. The molecule has 0 spiro atoms. The molecule has 1 heterocycles. The Bertz CT molecular complexity index is 521. The van der Waals surface area contributed by atoms with Crippen LogP contribution in [0.4, 0.5) is 5.69 Å². The van der Waals surface area contributed by atoms with Crippen LogP contribution < -0.4 is 5.43 Å². The summed E-state index contributed by atoms with van der Waals surface area (Å²) in [6, 6.07) is 4.06. The number of rotatable bonds is 3. The van der Waals surface area contributed by atoms with Crippen molar-refractivity contribution in [2.45, 2.75) is 52.7 Å². The number of hydrogen-bond donors (Lipinski definition) is 2. The number of nitrogens with zero attached hydrogens (tertiary/aromatic N) is 1. The fourth-order valence-corrected chi connectivity index (χ4v) is 2.34. The van der Waals surface area contributed by atoms with Gasteiger partial charge in [0.25, 0.3) is 0 Å². The van der Waals surface area contributed by atoms with Gasteiger partial charge in [-0.05, 0) is 50.8 Å². The summed E-state index contributed by atoms with van der Waals surface area (Å²) in [4.78, 5) is 11.7. The van der Waals surface area contributed by atoms with Gasteiger partial charge in [0, 0.05) is 6.42 Å². The van der Waals surface area contributed by atoms with Crippen LogP contribution in [-0.4, -0.2) is 21.9 Å². The van der Waals surface area contributed by atoms with E-state index in [0.717, 1.165) is 27.5 Å². The van der Waals surface area contributed by atoms with Gasteiger partial charge in [-0.3, -0.25) is 15.4 Å². The van der Waals surface area contributed by atoms with Crippen LogP contribution >= 0.6 is 0 Å². The molecule has 0 atom stereocenters. The molecule has 0 aliphatic carbocycles. The molecule has 1 aliphatic heterocycles. The average Bonchev–Trinajstić information content (AvgIpc) is 2.65. The molecule has 0 bridgehead atoms. The van der Waals surface area contributed by atoms with Gasteiger partial charge in [0.05, 0.1) is 12.2 Å². The summed E-state index contributed by atoms with van der Waals surface area (Å²) >= 11 is 0. The number of benzene rings is 1. The van der Waals surface area contributed by atoms with Crippen molar-refractivity contribution >= 4 is 11.7 Å². The summed E-state index contributed by atoms with van der Waals surface area (Å²) in [5.41, 5.74) is 6.60.